The minimum absolute atomic E-state index is 0.0474. The van der Waals surface area contributed by atoms with Crippen LogP contribution in [-0.4, -0.2) is 163 Å². The number of hydrogen-bond donors (Lipinski definition) is 3. The van der Waals surface area contributed by atoms with E-state index >= 15 is 0 Å². The van der Waals surface area contributed by atoms with Crippen molar-refractivity contribution in [1.29, 1.82) is 0 Å². The van der Waals surface area contributed by atoms with E-state index in [1.54, 1.807) is 0 Å². The van der Waals surface area contributed by atoms with Crippen LogP contribution in [0.3, 0.4) is 0 Å². The predicted octanol–water partition coefficient (Wildman–Crippen LogP) is 6.21. The lowest BCUT2D eigenvalue weighted by atomic mass is 9.76. The van der Waals surface area contributed by atoms with Crippen molar-refractivity contribution in [3.05, 3.63) is 0 Å². The zero-order valence-electron chi connectivity index (χ0n) is 40.7. The second-order valence-corrected chi connectivity index (χ2v) is 16.6. The molecule has 1 aliphatic rings. The van der Waals surface area contributed by atoms with Gasteiger partial charge in [-0.1, -0.05) is 110 Å². The predicted molar refractivity (Wildman–Crippen MR) is 247 cm³/mol. The number of ether oxygens (including phenoxy) is 8. The Bertz CT molecular complexity index is 1280. The van der Waals surface area contributed by atoms with Crippen molar-refractivity contribution in [1.82, 2.24) is 10.4 Å². The Morgan fingerprint density at radius 1 is 0.478 bits per heavy atom. The highest BCUT2D eigenvalue weighted by atomic mass is 16.7. The van der Waals surface area contributed by atoms with Gasteiger partial charge in [-0.15, -0.1) is 5.06 Å². The van der Waals surface area contributed by atoms with Gasteiger partial charge in [0.15, 0.2) is 0 Å². The van der Waals surface area contributed by atoms with Gasteiger partial charge in [0.1, 0.15) is 5.41 Å². The number of hydroxylamine groups is 2. The molecular weight excluding hydrogens is 877 g/mol. The van der Waals surface area contributed by atoms with Crippen LogP contribution in [0.5, 0.6) is 0 Å². The molecule has 0 aromatic rings. The summed E-state index contributed by atoms with van der Waals surface area (Å²) in [7, 11) is 0. The molecule has 1 aliphatic heterocycles. The zero-order chi connectivity index (χ0) is 48.9. The lowest BCUT2D eigenvalue weighted by Gasteiger charge is -2.28. The summed E-state index contributed by atoms with van der Waals surface area (Å²) in [6.45, 7) is 8.06. The molecule has 0 aromatic heterocycles. The third kappa shape index (κ3) is 34.6. The summed E-state index contributed by atoms with van der Waals surface area (Å²) in [5.41, 5.74) is -1.46. The Morgan fingerprint density at radius 2 is 0.821 bits per heavy atom. The standard InChI is InChI=1S/C48H86N2O17/c1-2-3-4-5-6-8-11-14-17-23-48(47(57)58,24-18-15-12-9-7-10-13-16-19-44(53)54)46(56)49-25-27-60-29-31-62-33-35-64-37-39-66-41-40-65-38-36-63-34-32-61-30-28-59-26-22-45(55)67-50-42(51)20-21-43(50)52/h2-41H2,1H3,(H,49,56)(H,53,54)(H,57,58). The van der Waals surface area contributed by atoms with Crippen LogP contribution in [-0.2, 0) is 71.5 Å². The van der Waals surface area contributed by atoms with Crippen LogP contribution in [0.1, 0.15) is 155 Å². The molecule has 19 heteroatoms. The van der Waals surface area contributed by atoms with Gasteiger partial charge in [0, 0.05) is 25.8 Å². The molecule has 0 radical (unpaired) electrons. The molecule has 3 N–H and O–H groups in total. The number of nitrogens with zero attached hydrogens (tertiary/aromatic N) is 1. The molecule has 19 nitrogen and oxygen atoms in total. The molecule has 0 saturated carbocycles. The van der Waals surface area contributed by atoms with Crippen LogP contribution in [0.2, 0.25) is 0 Å². The van der Waals surface area contributed by atoms with E-state index < -0.39 is 41.0 Å². The fourth-order valence-corrected chi connectivity index (χ4v) is 7.17. The minimum Gasteiger partial charge on any atom is -0.481 e. The first-order chi connectivity index (χ1) is 32.6. The van der Waals surface area contributed by atoms with E-state index in [-0.39, 0.29) is 52.0 Å². The molecule has 1 saturated heterocycles. The van der Waals surface area contributed by atoms with Crippen molar-refractivity contribution < 1.29 is 81.7 Å². The Morgan fingerprint density at radius 3 is 1.19 bits per heavy atom. The number of aliphatic carboxylic acids is 2. The second kappa shape index (κ2) is 43.9. The number of carboxylic acid groups (broad SMARTS) is 2. The molecule has 0 spiro atoms. The van der Waals surface area contributed by atoms with Crippen LogP contribution in [0, 0.1) is 5.41 Å². The fourth-order valence-electron chi connectivity index (χ4n) is 7.17. The lowest BCUT2D eigenvalue weighted by Crippen LogP contribution is -2.47. The van der Waals surface area contributed by atoms with E-state index in [9.17, 15) is 33.9 Å². The highest BCUT2D eigenvalue weighted by molar-refractivity contribution is 6.02. The van der Waals surface area contributed by atoms with Crippen molar-refractivity contribution in [3.8, 4) is 0 Å². The average Bonchev–Trinajstić information content (AvgIpc) is 3.62. The van der Waals surface area contributed by atoms with Gasteiger partial charge >= 0.3 is 17.9 Å². The monoisotopic (exact) mass is 963 g/mol. The molecule has 67 heavy (non-hydrogen) atoms. The minimum atomic E-state index is -1.46. The number of carbonyl (C=O) groups is 6. The highest BCUT2D eigenvalue weighted by Crippen LogP contribution is 2.33. The van der Waals surface area contributed by atoms with Crippen LogP contribution in [0.25, 0.3) is 0 Å². The number of hydrogen-bond acceptors (Lipinski definition) is 15. The highest BCUT2D eigenvalue weighted by Gasteiger charge is 2.44. The van der Waals surface area contributed by atoms with Gasteiger partial charge in [0.25, 0.3) is 11.8 Å². The van der Waals surface area contributed by atoms with Gasteiger partial charge in [-0.25, -0.2) is 4.79 Å². The average molecular weight is 963 g/mol. The Balaban J connectivity index is 2.04. The van der Waals surface area contributed by atoms with Gasteiger partial charge in [0.2, 0.25) is 5.91 Å². The summed E-state index contributed by atoms with van der Waals surface area (Å²) in [5, 5.41) is 22.6. The quantitative estimate of drug-likeness (QED) is 0.0349. The van der Waals surface area contributed by atoms with E-state index in [4.69, 9.17) is 47.8 Å². The molecule has 1 unspecified atom stereocenters. The molecule has 0 bridgehead atoms. The Labute approximate surface area is 399 Å². The summed E-state index contributed by atoms with van der Waals surface area (Å²) in [4.78, 5) is 76.3. The Hall–Kier alpha value is -3.30. The third-order valence-corrected chi connectivity index (χ3v) is 11.1. The smallest absolute Gasteiger partial charge is 0.335 e. The lowest BCUT2D eigenvalue weighted by molar-refractivity contribution is -0.198. The molecule has 1 heterocycles. The largest absolute Gasteiger partial charge is 0.481 e. The van der Waals surface area contributed by atoms with Gasteiger partial charge < -0.3 is 58.3 Å². The molecular formula is C48H86N2O17. The van der Waals surface area contributed by atoms with Crippen LogP contribution in [0.15, 0.2) is 0 Å². The summed E-state index contributed by atoms with van der Waals surface area (Å²) in [5.74, 6) is -4.00. The first-order valence-electron chi connectivity index (χ1n) is 25.1. The van der Waals surface area contributed by atoms with Crippen molar-refractivity contribution >= 4 is 35.6 Å². The van der Waals surface area contributed by atoms with Crippen LogP contribution in [0.4, 0.5) is 0 Å². The van der Waals surface area contributed by atoms with E-state index in [0.29, 0.717) is 123 Å². The number of carboxylic acids is 2. The maximum atomic E-state index is 13.5. The molecule has 1 atom stereocenters. The van der Waals surface area contributed by atoms with E-state index in [1.165, 1.54) is 32.1 Å². The molecule has 3 amide bonds. The number of amides is 3. The Kier molecular flexibility index (Phi) is 40.5. The number of unbranched alkanes of at least 4 members (excludes halogenated alkanes) is 15. The number of carbonyl (C=O) groups excluding carboxylic acids is 4. The maximum absolute atomic E-state index is 13.5. The van der Waals surface area contributed by atoms with Crippen molar-refractivity contribution in [2.45, 2.75) is 155 Å². The van der Waals surface area contributed by atoms with Gasteiger partial charge in [-0.05, 0) is 19.3 Å². The topological polar surface area (TPSA) is 241 Å². The second-order valence-electron chi connectivity index (χ2n) is 16.6. The van der Waals surface area contributed by atoms with Crippen LogP contribution < -0.4 is 5.32 Å². The first-order valence-corrected chi connectivity index (χ1v) is 25.1. The van der Waals surface area contributed by atoms with E-state index in [2.05, 4.69) is 12.2 Å². The molecule has 1 rings (SSSR count). The summed E-state index contributed by atoms with van der Waals surface area (Å²) in [6.07, 6.45) is 18.0. The van der Waals surface area contributed by atoms with Crippen molar-refractivity contribution in [2.75, 3.05) is 112 Å². The molecule has 1 fully saturated rings. The zero-order valence-corrected chi connectivity index (χ0v) is 40.7. The van der Waals surface area contributed by atoms with Gasteiger partial charge in [0.05, 0.1) is 112 Å². The normalized spacial score (nSPS) is 13.6. The van der Waals surface area contributed by atoms with Gasteiger partial charge in [-0.2, -0.15) is 0 Å². The summed E-state index contributed by atoms with van der Waals surface area (Å²) < 4.78 is 43.8. The summed E-state index contributed by atoms with van der Waals surface area (Å²) in [6, 6.07) is 0. The molecule has 0 aliphatic carbocycles. The SMILES string of the molecule is CCCCCCCCCCCC(CCCCCCCCCCC(=O)O)(C(=O)O)C(=O)NCCOCCOCCOCCOCCOCCOCCOCCOCCC(=O)ON1C(=O)CCC1=O. The first kappa shape index (κ1) is 61.7. The van der Waals surface area contributed by atoms with Gasteiger partial charge in [-0.3, -0.25) is 24.0 Å². The number of imide groups is 1. The molecule has 0 aromatic carbocycles. The van der Waals surface area contributed by atoms with E-state index in [0.717, 1.165) is 57.8 Å². The molecule has 390 valence electrons. The van der Waals surface area contributed by atoms with E-state index in [1.807, 2.05) is 0 Å². The number of nitrogens with one attached hydrogen (secondary N) is 1. The van der Waals surface area contributed by atoms with Crippen LogP contribution >= 0.6 is 0 Å². The summed E-state index contributed by atoms with van der Waals surface area (Å²) >= 11 is 0. The number of rotatable bonds is 51. The van der Waals surface area contributed by atoms with Crippen molar-refractivity contribution in [2.24, 2.45) is 5.41 Å². The fraction of sp³-hybridized carbons (Fsp3) is 0.875. The third-order valence-electron chi connectivity index (χ3n) is 11.1. The van der Waals surface area contributed by atoms with Crippen molar-refractivity contribution in [3.63, 3.8) is 0 Å². The maximum Gasteiger partial charge on any atom is 0.335 e.